The Morgan fingerprint density at radius 1 is 1.42 bits per heavy atom. The number of nitrogens with zero attached hydrogens (tertiary/aromatic N) is 2. The third-order valence-corrected chi connectivity index (χ3v) is 3.26. The Hall–Kier alpha value is -1.81. The van der Waals surface area contributed by atoms with Gasteiger partial charge in [0.05, 0.1) is 13.7 Å². The molecule has 19 heavy (non-hydrogen) atoms. The van der Waals surface area contributed by atoms with Gasteiger partial charge in [0, 0.05) is 24.0 Å². The molecular weight excluding hydrogens is 238 g/mol. The largest absolute Gasteiger partial charge is 0.496 e. The SMILES string of the molecule is CCC(N)Cc1ccc(OC)c(Cn2cccn2)c1. The van der Waals surface area contributed by atoms with Crippen molar-refractivity contribution in [2.75, 3.05) is 7.11 Å². The molecule has 0 radical (unpaired) electrons. The van der Waals surface area contributed by atoms with Crippen molar-refractivity contribution in [3.63, 3.8) is 0 Å². The van der Waals surface area contributed by atoms with E-state index in [4.69, 9.17) is 10.5 Å². The summed E-state index contributed by atoms with van der Waals surface area (Å²) in [6.45, 7) is 2.82. The van der Waals surface area contributed by atoms with E-state index in [1.165, 1.54) is 5.56 Å². The van der Waals surface area contributed by atoms with Gasteiger partial charge in [-0.05, 0) is 30.5 Å². The zero-order valence-corrected chi connectivity index (χ0v) is 11.5. The smallest absolute Gasteiger partial charge is 0.123 e. The summed E-state index contributed by atoms with van der Waals surface area (Å²) < 4.78 is 7.30. The highest BCUT2D eigenvalue weighted by Gasteiger charge is 2.08. The van der Waals surface area contributed by atoms with Crippen molar-refractivity contribution in [3.8, 4) is 5.75 Å². The first kappa shape index (κ1) is 13.6. The van der Waals surface area contributed by atoms with E-state index < -0.39 is 0 Å². The molecule has 4 nitrogen and oxygen atoms in total. The third-order valence-electron chi connectivity index (χ3n) is 3.26. The number of nitrogens with two attached hydrogens (primary N) is 1. The third kappa shape index (κ3) is 3.58. The van der Waals surface area contributed by atoms with Crippen LogP contribution in [0.15, 0.2) is 36.7 Å². The Morgan fingerprint density at radius 3 is 2.89 bits per heavy atom. The van der Waals surface area contributed by atoms with E-state index in [2.05, 4.69) is 24.2 Å². The maximum Gasteiger partial charge on any atom is 0.123 e. The van der Waals surface area contributed by atoms with Gasteiger partial charge in [-0.15, -0.1) is 0 Å². The van der Waals surface area contributed by atoms with E-state index in [1.807, 2.05) is 23.0 Å². The average Bonchev–Trinajstić information content (AvgIpc) is 2.92. The number of ether oxygens (including phenoxy) is 1. The van der Waals surface area contributed by atoms with Crippen LogP contribution in [0, 0.1) is 0 Å². The molecule has 0 spiro atoms. The second kappa shape index (κ2) is 6.38. The van der Waals surface area contributed by atoms with Gasteiger partial charge in [0.25, 0.3) is 0 Å². The molecule has 2 N–H and O–H groups in total. The van der Waals surface area contributed by atoms with Crippen LogP contribution in [-0.4, -0.2) is 22.9 Å². The minimum atomic E-state index is 0.214. The van der Waals surface area contributed by atoms with Crippen LogP contribution in [0.25, 0.3) is 0 Å². The Bertz CT molecular complexity index is 508. The van der Waals surface area contributed by atoms with E-state index in [0.29, 0.717) is 6.54 Å². The standard InChI is InChI=1S/C15H21N3O/c1-3-14(16)10-12-5-6-15(19-2)13(9-12)11-18-8-4-7-17-18/h4-9,14H,3,10-11,16H2,1-2H3. The Morgan fingerprint density at radius 2 is 2.26 bits per heavy atom. The highest BCUT2D eigenvalue weighted by molar-refractivity contribution is 5.37. The molecule has 0 saturated carbocycles. The lowest BCUT2D eigenvalue weighted by atomic mass is 10.0. The van der Waals surface area contributed by atoms with Crippen molar-refractivity contribution in [2.45, 2.75) is 32.4 Å². The van der Waals surface area contributed by atoms with Gasteiger partial charge in [0.2, 0.25) is 0 Å². The van der Waals surface area contributed by atoms with Gasteiger partial charge >= 0.3 is 0 Å². The van der Waals surface area contributed by atoms with Crippen molar-refractivity contribution in [2.24, 2.45) is 5.73 Å². The van der Waals surface area contributed by atoms with Crippen molar-refractivity contribution < 1.29 is 4.74 Å². The van der Waals surface area contributed by atoms with Crippen molar-refractivity contribution in [1.29, 1.82) is 0 Å². The van der Waals surface area contributed by atoms with Gasteiger partial charge in [-0.25, -0.2) is 0 Å². The predicted octanol–water partition coefficient (Wildman–Crippen LogP) is 2.22. The van der Waals surface area contributed by atoms with Gasteiger partial charge < -0.3 is 10.5 Å². The lowest BCUT2D eigenvalue weighted by Gasteiger charge is -2.13. The number of benzene rings is 1. The molecule has 0 bridgehead atoms. The van der Waals surface area contributed by atoms with Gasteiger partial charge in [-0.3, -0.25) is 4.68 Å². The zero-order chi connectivity index (χ0) is 13.7. The maximum atomic E-state index is 6.01. The van der Waals surface area contributed by atoms with Crippen molar-refractivity contribution in [3.05, 3.63) is 47.8 Å². The van der Waals surface area contributed by atoms with E-state index in [0.717, 1.165) is 24.2 Å². The maximum absolute atomic E-state index is 6.01. The molecule has 0 aliphatic heterocycles. The van der Waals surface area contributed by atoms with Crippen molar-refractivity contribution in [1.82, 2.24) is 9.78 Å². The van der Waals surface area contributed by atoms with Crippen LogP contribution in [0.2, 0.25) is 0 Å². The normalized spacial score (nSPS) is 12.4. The minimum Gasteiger partial charge on any atom is -0.496 e. The first-order valence-electron chi connectivity index (χ1n) is 6.61. The summed E-state index contributed by atoms with van der Waals surface area (Å²) in [6.07, 6.45) is 5.61. The van der Waals surface area contributed by atoms with E-state index in [9.17, 15) is 0 Å². The molecule has 0 amide bonds. The summed E-state index contributed by atoms with van der Waals surface area (Å²) in [6, 6.07) is 8.39. The Balaban J connectivity index is 2.21. The van der Waals surface area contributed by atoms with Gasteiger partial charge in [0.15, 0.2) is 0 Å². The number of hydrogen-bond acceptors (Lipinski definition) is 3. The van der Waals surface area contributed by atoms with E-state index in [-0.39, 0.29) is 6.04 Å². The van der Waals surface area contributed by atoms with Crippen molar-refractivity contribution >= 4 is 0 Å². The minimum absolute atomic E-state index is 0.214. The Kier molecular flexibility index (Phi) is 4.58. The van der Waals surface area contributed by atoms with Crippen LogP contribution in [-0.2, 0) is 13.0 Å². The Labute approximate surface area is 114 Å². The summed E-state index contributed by atoms with van der Waals surface area (Å²) in [4.78, 5) is 0. The van der Waals surface area contributed by atoms with E-state index >= 15 is 0 Å². The molecule has 0 saturated heterocycles. The second-order valence-electron chi connectivity index (χ2n) is 4.72. The molecule has 1 unspecified atom stereocenters. The zero-order valence-electron chi connectivity index (χ0n) is 11.5. The van der Waals surface area contributed by atoms with Gasteiger partial charge in [-0.1, -0.05) is 19.1 Å². The summed E-state index contributed by atoms with van der Waals surface area (Å²) >= 11 is 0. The molecule has 1 heterocycles. The first-order valence-corrected chi connectivity index (χ1v) is 6.61. The quantitative estimate of drug-likeness (QED) is 0.865. The van der Waals surface area contributed by atoms with Crippen LogP contribution in [0.1, 0.15) is 24.5 Å². The van der Waals surface area contributed by atoms with Crippen LogP contribution >= 0.6 is 0 Å². The van der Waals surface area contributed by atoms with Crippen LogP contribution in [0.5, 0.6) is 5.75 Å². The number of aromatic nitrogens is 2. The summed E-state index contributed by atoms with van der Waals surface area (Å²) in [5.41, 5.74) is 8.39. The number of hydrogen-bond donors (Lipinski definition) is 1. The lowest BCUT2D eigenvalue weighted by Crippen LogP contribution is -2.21. The second-order valence-corrected chi connectivity index (χ2v) is 4.72. The number of rotatable bonds is 6. The van der Waals surface area contributed by atoms with Crippen LogP contribution < -0.4 is 10.5 Å². The average molecular weight is 259 g/mol. The summed E-state index contributed by atoms with van der Waals surface area (Å²) in [5, 5.41) is 4.23. The topological polar surface area (TPSA) is 53.1 Å². The molecule has 1 atom stereocenters. The highest BCUT2D eigenvalue weighted by atomic mass is 16.5. The molecule has 4 heteroatoms. The summed E-state index contributed by atoms with van der Waals surface area (Å²) in [5.74, 6) is 0.893. The van der Waals surface area contributed by atoms with Crippen LogP contribution in [0.3, 0.4) is 0 Å². The molecule has 1 aromatic heterocycles. The first-order chi connectivity index (χ1) is 9.22. The highest BCUT2D eigenvalue weighted by Crippen LogP contribution is 2.21. The molecule has 0 aliphatic rings. The van der Waals surface area contributed by atoms with Crippen LogP contribution in [0.4, 0.5) is 0 Å². The van der Waals surface area contributed by atoms with E-state index in [1.54, 1.807) is 13.3 Å². The van der Waals surface area contributed by atoms with Gasteiger partial charge in [0.1, 0.15) is 5.75 Å². The number of methoxy groups -OCH3 is 1. The predicted molar refractivity (Wildman–Crippen MR) is 76.3 cm³/mol. The molecule has 1 aromatic carbocycles. The fourth-order valence-corrected chi connectivity index (χ4v) is 2.10. The van der Waals surface area contributed by atoms with Gasteiger partial charge in [-0.2, -0.15) is 5.10 Å². The molecule has 102 valence electrons. The molecule has 2 aromatic rings. The summed E-state index contributed by atoms with van der Waals surface area (Å²) in [7, 11) is 1.69. The fourth-order valence-electron chi connectivity index (χ4n) is 2.10. The fraction of sp³-hybridized carbons (Fsp3) is 0.400. The molecule has 0 aliphatic carbocycles. The molecular formula is C15H21N3O. The molecule has 2 rings (SSSR count). The molecule has 0 fully saturated rings. The monoisotopic (exact) mass is 259 g/mol. The lowest BCUT2D eigenvalue weighted by molar-refractivity contribution is 0.407.